The fraction of sp³-hybridized carbons (Fsp3) is 0.692. The molecule has 0 aliphatic carbocycles. The van der Waals surface area contributed by atoms with Crippen molar-refractivity contribution in [1.29, 1.82) is 0 Å². The first-order valence-corrected chi connectivity index (χ1v) is 9.74. The molecule has 2 rings (SSSR count). The predicted octanol–water partition coefficient (Wildman–Crippen LogP) is 2.25. The first-order valence-electron chi connectivity index (χ1n) is 6.95. The molecule has 1 aromatic rings. The molecule has 1 aliphatic heterocycles. The number of thiophene rings is 1. The van der Waals surface area contributed by atoms with E-state index in [1.807, 2.05) is 13.0 Å². The third-order valence-electron chi connectivity index (χ3n) is 3.53. The van der Waals surface area contributed by atoms with Gasteiger partial charge >= 0.3 is 0 Å². The van der Waals surface area contributed by atoms with Crippen molar-refractivity contribution in [2.24, 2.45) is 0 Å². The molecule has 0 amide bonds. The van der Waals surface area contributed by atoms with Crippen LogP contribution in [0, 0.1) is 0 Å². The highest BCUT2D eigenvalue weighted by atomic mass is 35.5. The lowest BCUT2D eigenvalue weighted by atomic mass is 10.4. The van der Waals surface area contributed by atoms with Crippen molar-refractivity contribution in [2.75, 3.05) is 38.6 Å². The number of nitrogens with zero attached hydrogens (tertiary/aromatic N) is 2. The quantitative estimate of drug-likeness (QED) is 0.774. The summed E-state index contributed by atoms with van der Waals surface area (Å²) in [6, 6.07) is 3.65. The molecule has 0 aromatic carbocycles. The van der Waals surface area contributed by atoms with Gasteiger partial charge in [0, 0.05) is 36.9 Å². The third-order valence-corrected chi connectivity index (χ3v) is 7.29. The normalized spacial score (nSPS) is 19.1. The summed E-state index contributed by atoms with van der Waals surface area (Å²) < 4.78 is 27.3. The van der Waals surface area contributed by atoms with Gasteiger partial charge in [0.1, 0.15) is 4.21 Å². The molecule has 1 aromatic heterocycles. The van der Waals surface area contributed by atoms with Gasteiger partial charge in [0.25, 0.3) is 10.0 Å². The van der Waals surface area contributed by atoms with Gasteiger partial charge in [-0.05, 0) is 31.5 Å². The van der Waals surface area contributed by atoms with E-state index in [1.165, 1.54) is 11.3 Å². The molecule has 7 heteroatoms. The van der Waals surface area contributed by atoms with Gasteiger partial charge in [-0.2, -0.15) is 4.31 Å². The molecule has 1 fully saturated rings. The van der Waals surface area contributed by atoms with Crippen LogP contribution in [0.4, 0.5) is 0 Å². The van der Waals surface area contributed by atoms with Gasteiger partial charge in [0.2, 0.25) is 0 Å². The molecule has 0 saturated carbocycles. The van der Waals surface area contributed by atoms with E-state index < -0.39 is 10.0 Å². The topological polar surface area (TPSA) is 40.6 Å². The van der Waals surface area contributed by atoms with Crippen LogP contribution in [-0.2, 0) is 16.4 Å². The minimum atomic E-state index is -3.32. The van der Waals surface area contributed by atoms with Crippen LogP contribution in [0.25, 0.3) is 0 Å². The van der Waals surface area contributed by atoms with E-state index in [9.17, 15) is 8.42 Å². The van der Waals surface area contributed by atoms with Crippen molar-refractivity contribution in [2.45, 2.75) is 24.0 Å². The monoisotopic (exact) mass is 336 g/mol. The van der Waals surface area contributed by atoms with Crippen LogP contribution >= 0.6 is 22.9 Å². The Bertz CT molecular complexity index is 530. The Labute approximate surface area is 130 Å². The van der Waals surface area contributed by atoms with Gasteiger partial charge in [0.15, 0.2) is 0 Å². The smallest absolute Gasteiger partial charge is 0.252 e. The SMILES string of the molecule is CCc1ccc(S(=O)(=O)N2CCCN(CCCl)CC2)s1. The van der Waals surface area contributed by atoms with Gasteiger partial charge in [-0.15, -0.1) is 22.9 Å². The highest BCUT2D eigenvalue weighted by molar-refractivity contribution is 7.91. The average Bonchev–Trinajstić information content (AvgIpc) is 2.80. The van der Waals surface area contributed by atoms with Gasteiger partial charge in [-0.1, -0.05) is 6.92 Å². The van der Waals surface area contributed by atoms with E-state index in [2.05, 4.69) is 4.90 Å². The molecule has 0 atom stereocenters. The van der Waals surface area contributed by atoms with Crippen LogP contribution in [0.5, 0.6) is 0 Å². The van der Waals surface area contributed by atoms with Crippen LogP contribution in [-0.4, -0.2) is 56.2 Å². The van der Waals surface area contributed by atoms with Crippen LogP contribution in [0.1, 0.15) is 18.2 Å². The van der Waals surface area contributed by atoms with Gasteiger partial charge in [-0.25, -0.2) is 8.42 Å². The zero-order valence-electron chi connectivity index (χ0n) is 11.7. The van der Waals surface area contributed by atoms with Gasteiger partial charge < -0.3 is 4.90 Å². The van der Waals surface area contributed by atoms with E-state index in [-0.39, 0.29) is 0 Å². The highest BCUT2D eigenvalue weighted by Crippen LogP contribution is 2.26. The van der Waals surface area contributed by atoms with Gasteiger partial charge in [0.05, 0.1) is 0 Å². The fourth-order valence-corrected chi connectivity index (χ4v) is 5.50. The molecule has 114 valence electrons. The summed E-state index contributed by atoms with van der Waals surface area (Å²) in [7, 11) is -3.32. The molecule has 0 N–H and O–H groups in total. The number of rotatable bonds is 5. The zero-order chi connectivity index (χ0) is 14.6. The van der Waals surface area contributed by atoms with E-state index in [1.54, 1.807) is 10.4 Å². The number of hydrogen-bond donors (Lipinski definition) is 0. The molecule has 0 bridgehead atoms. The van der Waals surface area contributed by atoms with E-state index >= 15 is 0 Å². The molecule has 20 heavy (non-hydrogen) atoms. The molecule has 0 radical (unpaired) electrons. The summed E-state index contributed by atoms with van der Waals surface area (Å²) in [6.45, 7) is 5.70. The number of sulfonamides is 1. The van der Waals surface area contributed by atoms with Crippen molar-refractivity contribution >= 4 is 33.0 Å². The Morgan fingerprint density at radius 1 is 1.25 bits per heavy atom. The molecule has 0 spiro atoms. The van der Waals surface area contributed by atoms with Crippen LogP contribution in [0.15, 0.2) is 16.3 Å². The fourth-order valence-electron chi connectivity index (χ4n) is 2.34. The highest BCUT2D eigenvalue weighted by Gasteiger charge is 2.27. The number of hydrogen-bond acceptors (Lipinski definition) is 4. The van der Waals surface area contributed by atoms with E-state index in [0.717, 1.165) is 37.4 Å². The Kier molecular flexibility index (Phi) is 5.86. The first kappa shape index (κ1) is 16.2. The second kappa shape index (κ2) is 7.22. The summed E-state index contributed by atoms with van der Waals surface area (Å²) in [6.07, 6.45) is 1.74. The standard InChI is InChI=1S/C13H21ClN2O2S2/c1-2-12-4-5-13(19-12)20(17,18)16-8-3-7-15(9-6-14)10-11-16/h4-5H,2-3,6-11H2,1H3. The maximum Gasteiger partial charge on any atom is 0.252 e. The molecule has 2 heterocycles. The summed E-state index contributed by atoms with van der Waals surface area (Å²) in [5, 5.41) is 0. The lowest BCUT2D eigenvalue weighted by Crippen LogP contribution is -2.35. The Hall–Kier alpha value is -0.140. The Morgan fingerprint density at radius 3 is 2.70 bits per heavy atom. The van der Waals surface area contributed by atoms with Crippen LogP contribution < -0.4 is 0 Å². The van der Waals surface area contributed by atoms with Crippen molar-refractivity contribution < 1.29 is 8.42 Å². The Morgan fingerprint density at radius 2 is 2.05 bits per heavy atom. The van der Waals surface area contributed by atoms with Crippen molar-refractivity contribution in [3.8, 4) is 0 Å². The Balaban J connectivity index is 2.09. The molecule has 0 unspecified atom stereocenters. The first-order chi connectivity index (χ1) is 9.57. The maximum atomic E-state index is 12.6. The van der Waals surface area contributed by atoms with Crippen molar-refractivity contribution in [1.82, 2.24) is 9.21 Å². The van der Waals surface area contributed by atoms with Gasteiger partial charge in [-0.3, -0.25) is 0 Å². The zero-order valence-corrected chi connectivity index (χ0v) is 14.1. The minimum Gasteiger partial charge on any atom is -0.301 e. The van der Waals surface area contributed by atoms with Crippen LogP contribution in [0.2, 0.25) is 0 Å². The maximum absolute atomic E-state index is 12.6. The van der Waals surface area contributed by atoms with Crippen LogP contribution in [0.3, 0.4) is 0 Å². The summed E-state index contributed by atoms with van der Waals surface area (Å²) >= 11 is 7.14. The summed E-state index contributed by atoms with van der Waals surface area (Å²) in [5.74, 6) is 0.595. The molecule has 1 aliphatic rings. The summed E-state index contributed by atoms with van der Waals surface area (Å²) in [4.78, 5) is 3.34. The number of aryl methyl sites for hydroxylation is 1. The lowest BCUT2D eigenvalue weighted by Gasteiger charge is -2.20. The van der Waals surface area contributed by atoms with Crippen molar-refractivity contribution in [3.63, 3.8) is 0 Å². The molecular weight excluding hydrogens is 316 g/mol. The molecule has 1 saturated heterocycles. The largest absolute Gasteiger partial charge is 0.301 e. The molecule has 4 nitrogen and oxygen atoms in total. The predicted molar refractivity (Wildman–Crippen MR) is 84.2 cm³/mol. The van der Waals surface area contributed by atoms with Crippen molar-refractivity contribution in [3.05, 3.63) is 17.0 Å². The number of halogens is 1. The number of alkyl halides is 1. The second-order valence-electron chi connectivity index (χ2n) is 4.86. The lowest BCUT2D eigenvalue weighted by molar-refractivity contribution is 0.303. The summed E-state index contributed by atoms with van der Waals surface area (Å²) in [5.41, 5.74) is 0. The van der Waals surface area contributed by atoms with E-state index in [0.29, 0.717) is 23.2 Å². The van der Waals surface area contributed by atoms with E-state index in [4.69, 9.17) is 11.6 Å². The second-order valence-corrected chi connectivity index (χ2v) is 8.57. The minimum absolute atomic E-state index is 0.472. The third kappa shape index (κ3) is 3.74. The average molecular weight is 337 g/mol. The molecular formula is C13H21ClN2O2S2.